The zero-order chi connectivity index (χ0) is 13.9. The highest BCUT2D eigenvalue weighted by atomic mass is 32.2. The lowest BCUT2D eigenvalue weighted by Crippen LogP contribution is -2.35. The normalized spacial score (nSPS) is 17.4. The van der Waals surface area contributed by atoms with Gasteiger partial charge in [0.15, 0.2) is 0 Å². The molecule has 1 saturated carbocycles. The van der Waals surface area contributed by atoms with Crippen LogP contribution in [-0.2, 0) is 16.6 Å². The number of sulfonamides is 1. The van der Waals surface area contributed by atoms with Gasteiger partial charge in [-0.2, -0.15) is 0 Å². The first-order chi connectivity index (χ1) is 8.97. The summed E-state index contributed by atoms with van der Waals surface area (Å²) in [4.78, 5) is 0.395. The van der Waals surface area contributed by atoms with Gasteiger partial charge < -0.3 is 5.32 Å². The van der Waals surface area contributed by atoms with Gasteiger partial charge in [0.25, 0.3) is 0 Å². The van der Waals surface area contributed by atoms with Crippen molar-refractivity contribution in [1.29, 1.82) is 0 Å². The summed E-state index contributed by atoms with van der Waals surface area (Å²) in [7, 11) is -3.41. The highest BCUT2D eigenvalue weighted by molar-refractivity contribution is 7.89. The number of hydrogen-bond donors (Lipinski definition) is 2. The summed E-state index contributed by atoms with van der Waals surface area (Å²) in [5.41, 5.74) is 0.593. The Hall–Kier alpha value is -0.910. The predicted octanol–water partition coefficient (Wildman–Crippen LogP) is 2.02. The summed E-state index contributed by atoms with van der Waals surface area (Å²) >= 11 is 0. The van der Waals surface area contributed by atoms with E-state index in [4.69, 9.17) is 0 Å². The van der Waals surface area contributed by atoms with Crippen LogP contribution in [0.1, 0.15) is 38.7 Å². The van der Waals surface area contributed by atoms with Crippen LogP contribution in [0.5, 0.6) is 0 Å². The Kier molecular flexibility index (Phi) is 4.28. The van der Waals surface area contributed by atoms with Crippen molar-refractivity contribution in [3.05, 3.63) is 29.8 Å². The van der Waals surface area contributed by atoms with E-state index in [1.54, 1.807) is 12.1 Å². The predicted molar refractivity (Wildman–Crippen MR) is 76.4 cm³/mol. The van der Waals surface area contributed by atoms with Crippen LogP contribution in [0.3, 0.4) is 0 Å². The van der Waals surface area contributed by atoms with Gasteiger partial charge >= 0.3 is 0 Å². The van der Waals surface area contributed by atoms with E-state index in [1.165, 1.54) is 0 Å². The number of nitrogens with one attached hydrogen (secondary N) is 2. The Bertz CT molecular complexity index is 536. The Morgan fingerprint density at radius 2 is 1.95 bits per heavy atom. The molecule has 0 spiro atoms. The van der Waals surface area contributed by atoms with Crippen LogP contribution in [0.2, 0.25) is 0 Å². The third-order valence-electron chi connectivity index (χ3n) is 3.39. The Balaban J connectivity index is 2.18. The van der Waals surface area contributed by atoms with E-state index in [9.17, 15) is 8.42 Å². The Morgan fingerprint density at radius 3 is 2.58 bits per heavy atom. The molecule has 0 unspecified atom stereocenters. The van der Waals surface area contributed by atoms with E-state index in [-0.39, 0.29) is 5.54 Å². The van der Waals surface area contributed by atoms with E-state index < -0.39 is 10.0 Å². The third kappa shape index (κ3) is 3.78. The lowest BCUT2D eigenvalue weighted by Gasteiger charge is -2.15. The molecule has 2 rings (SSSR count). The molecule has 0 aromatic heterocycles. The monoisotopic (exact) mass is 282 g/mol. The van der Waals surface area contributed by atoms with Crippen molar-refractivity contribution in [2.45, 2.75) is 50.1 Å². The van der Waals surface area contributed by atoms with Crippen molar-refractivity contribution in [2.75, 3.05) is 6.54 Å². The van der Waals surface area contributed by atoms with Crippen molar-refractivity contribution in [2.24, 2.45) is 0 Å². The molecule has 0 bridgehead atoms. The second-order valence-corrected chi connectivity index (χ2v) is 7.10. The summed E-state index contributed by atoms with van der Waals surface area (Å²) in [5.74, 6) is 0. The largest absolute Gasteiger partial charge is 0.313 e. The molecule has 1 aromatic rings. The Morgan fingerprint density at radius 1 is 1.26 bits per heavy atom. The maximum absolute atomic E-state index is 12.4. The number of rotatable bonds is 7. The fourth-order valence-corrected chi connectivity index (χ4v) is 3.69. The van der Waals surface area contributed by atoms with Gasteiger partial charge in [-0.3, -0.25) is 0 Å². The van der Waals surface area contributed by atoms with Crippen LogP contribution in [0.4, 0.5) is 0 Å². The molecular weight excluding hydrogens is 260 g/mol. The van der Waals surface area contributed by atoms with Crippen molar-refractivity contribution >= 4 is 10.0 Å². The molecule has 106 valence electrons. The van der Waals surface area contributed by atoms with Crippen LogP contribution >= 0.6 is 0 Å². The average molecular weight is 282 g/mol. The zero-order valence-electron chi connectivity index (χ0n) is 11.6. The van der Waals surface area contributed by atoms with Crippen LogP contribution < -0.4 is 10.0 Å². The molecule has 1 aliphatic carbocycles. The summed E-state index contributed by atoms with van der Waals surface area (Å²) in [5, 5.41) is 3.25. The van der Waals surface area contributed by atoms with Crippen LogP contribution in [0, 0.1) is 0 Å². The van der Waals surface area contributed by atoms with Crippen LogP contribution in [-0.4, -0.2) is 20.5 Å². The highest BCUT2D eigenvalue weighted by Crippen LogP contribution is 2.36. The van der Waals surface area contributed by atoms with E-state index >= 15 is 0 Å². The molecule has 0 heterocycles. The van der Waals surface area contributed by atoms with Crippen molar-refractivity contribution in [3.8, 4) is 0 Å². The Labute approximate surface area is 115 Å². The molecule has 0 aliphatic heterocycles. The van der Waals surface area contributed by atoms with Crippen LogP contribution in [0.25, 0.3) is 0 Å². The quantitative estimate of drug-likeness (QED) is 0.752. The molecule has 0 atom stereocenters. The van der Waals surface area contributed by atoms with Crippen molar-refractivity contribution in [3.63, 3.8) is 0 Å². The lowest BCUT2D eigenvalue weighted by atomic mass is 10.2. The van der Waals surface area contributed by atoms with Gasteiger partial charge in [-0.1, -0.05) is 25.1 Å². The van der Waals surface area contributed by atoms with Gasteiger partial charge in [-0.25, -0.2) is 13.1 Å². The van der Waals surface area contributed by atoms with Crippen molar-refractivity contribution < 1.29 is 8.42 Å². The summed E-state index contributed by atoms with van der Waals surface area (Å²) in [6, 6.07) is 7.19. The standard InChI is InChI=1S/C14H22N2O2S/c1-3-10-15-11-12-6-4-5-7-13(12)19(17,18)16-14(2)8-9-14/h4-7,15-16H,3,8-11H2,1-2H3. The average Bonchev–Trinajstić information content (AvgIpc) is 3.06. The van der Waals surface area contributed by atoms with E-state index in [0.717, 1.165) is 31.4 Å². The molecule has 5 heteroatoms. The minimum absolute atomic E-state index is 0.233. The van der Waals surface area contributed by atoms with Gasteiger partial charge in [-0.15, -0.1) is 0 Å². The van der Waals surface area contributed by atoms with Gasteiger partial charge in [0.1, 0.15) is 0 Å². The van der Waals surface area contributed by atoms with Crippen LogP contribution in [0.15, 0.2) is 29.2 Å². The summed E-state index contributed by atoms with van der Waals surface area (Å²) in [6.07, 6.45) is 2.87. The molecular formula is C14H22N2O2S. The molecule has 1 aliphatic rings. The maximum Gasteiger partial charge on any atom is 0.241 e. The van der Waals surface area contributed by atoms with E-state index in [0.29, 0.717) is 11.4 Å². The second-order valence-electron chi connectivity index (χ2n) is 5.45. The first-order valence-electron chi connectivity index (χ1n) is 6.79. The van der Waals surface area contributed by atoms with Gasteiger partial charge in [0.2, 0.25) is 10.0 Å². The number of hydrogen-bond acceptors (Lipinski definition) is 3. The van der Waals surface area contributed by atoms with Gasteiger partial charge in [-0.05, 0) is 44.4 Å². The smallest absolute Gasteiger partial charge is 0.241 e. The van der Waals surface area contributed by atoms with Crippen molar-refractivity contribution in [1.82, 2.24) is 10.0 Å². The molecule has 2 N–H and O–H groups in total. The highest BCUT2D eigenvalue weighted by Gasteiger charge is 2.41. The third-order valence-corrected chi connectivity index (χ3v) is 5.12. The first-order valence-corrected chi connectivity index (χ1v) is 8.28. The SMILES string of the molecule is CCCNCc1ccccc1S(=O)(=O)NC1(C)CC1. The fraction of sp³-hybridized carbons (Fsp3) is 0.571. The topological polar surface area (TPSA) is 58.2 Å². The summed E-state index contributed by atoms with van der Waals surface area (Å²) < 4.78 is 27.6. The number of benzene rings is 1. The fourth-order valence-electron chi connectivity index (χ4n) is 1.98. The van der Waals surface area contributed by atoms with Gasteiger partial charge in [0, 0.05) is 12.1 Å². The van der Waals surface area contributed by atoms with E-state index in [2.05, 4.69) is 17.0 Å². The molecule has 4 nitrogen and oxygen atoms in total. The molecule has 0 saturated heterocycles. The summed E-state index contributed by atoms with van der Waals surface area (Å²) in [6.45, 7) is 5.51. The lowest BCUT2D eigenvalue weighted by molar-refractivity contribution is 0.555. The first kappa shape index (κ1) is 14.5. The van der Waals surface area contributed by atoms with E-state index in [1.807, 2.05) is 19.1 Å². The minimum Gasteiger partial charge on any atom is -0.313 e. The minimum atomic E-state index is -3.41. The van der Waals surface area contributed by atoms with Gasteiger partial charge in [0.05, 0.1) is 4.90 Å². The second kappa shape index (κ2) is 5.61. The molecule has 1 aromatic carbocycles. The molecule has 19 heavy (non-hydrogen) atoms. The maximum atomic E-state index is 12.4. The zero-order valence-corrected chi connectivity index (χ0v) is 12.4. The molecule has 1 fully saturated rings. The molecule has 0 radical (unpaired) electrons. The molecule has 0 amide bonds.